The summed E-state index contributed by atoms with van der Waals surface area (Å²) in [6.07, 6.45) is 2.82. The van der Waals surface area contributed by atoms with Gasteiger partial charge in [0.2, 0.25) is 0 Å². The van der Waals surface area contributed by atoms with E-state index in [1.165, 1.54) is 12.8 Å². The van der Waals surface area contributed by atoms with Crippen LogP contribution in [0.2, 0.25) is 0 Å². The normalized spacial score (nSPS) is 38.6. The number of ether oxygens (including phenoxy) is 1. The average molecular weight is 212 g/mol. The molecular weight excluding hydrogens is 188 g/mol. The minimum atomic E-state index is 0.151. The van der Waals surface area contributed by atoms with Gasteiger partial charge in [0.25, 0.3) is 0 Å². The van der Waals surface area contributed by atoms with Crippen LogP contribution in [0, 0.1) is 11.3 Å². The minimum Gasteiger partial charge on any atom is -0.379 e. The van der Waals surface area contributed by atoms with Gasteiger partial charge in [-0.05, 0) is 32.7 Å². The van der Waals surface area contributed by atoms with E-state index in [-0.39, 0.29) is 11.5 Å². The van der Waals surface area contributed by atoms with Gasteiger partial charge in [0.05, 0.1) is 13.2 Å². The van der Waals surface area contributed by atoms with Gasteiger partial charge in [-0.1, -0.05) is 6.92 Å². The van der Waals surface area contributed by atoms with Crippen LogP contribution in [-0.4, -0.2) is 43.8 Å². The molecule has 88 valence electrons. The molecule has 3 unspecified atom stereocenters. The Balaban J connectivity index is 1.89. The second-order valence-corrected chi connectivity index (χ2v) is 5.77. The quantitative estimate of drug-likeness (QED) is 0.758. The van der Waals surface area contributed by atoms with Crippen molar-refractivity contribution in [2.75, 3.05) is 26.8 Å². The van der Waals surface area contributed by atoms with E-state index in [4.69, 9.17) is 10.5 Å². The second kappa shape index (κ2) is 4.04. The molecule has 0 bridgehead atoms. The van der Waals surface area contributed by atoms with E-state index in [9.17, 15) is 0 Å². The van der Waals surface area contributed by atoms with E-state index in [1.54, 1.807) is 0 Å². The van der Waals surface area contributed by atoms with Gasteiger partial charge >= 0.3 is 0 Å². The van der Waals surface area contributed by atoms with Gasteiger partial charge in [-0.2, -0.15) is 0 Å². The summed E-state index contributed by atoms with van der Waals surface area (Å²) in [5.41, 5.74) is 6.25. The third kappa shape index (κ3) is 2.35. The molecule has 0 spiro atoms. The van der Waals surface area contributed by atoms with Gasteiger partial charge < -0.3 is 15.4 Å². The molecule has 1 saturated heterocycles. The topological polar surface area (TPSA) is 38.5 Å². The zero-order chi connectivity index (χ0) is 11.1. The first-order valence-corrected chi connectivity index (χ1v) is 6.06. The Morgan fingerprint density at radius 3 is 2.67 bits per heavy atom. The van der Waals surface area contributed by atoms with Crippen molar-refractivity contribution in [1.82, 2.24) is 4.90 Å². The highest BCUT2D eigenvalue weighted by Crippen LogP contribution is 2.36. The fourth-order valence-corrected chi connectivity index (χ4v) is 2.54. The fraction of sp³-hybridized carbons (Fsp3) is 1.00. The Kier molecular flexibility index (Phi) is 3.06. The largest absolute Gasteiger partial charge is 0.379 e. The van der Waals surface area contributed by atoms with Crippen LogP contribution in [0.1, 0.15) is 26.7 Å². The Hall–Kier alpha value is -0.120. The number of rotatable bonds is 4. The van der Waals surface area contributed by atoms with E-state index >= 15 is 0 Å². The lowest BCUT2D eigenvalue weighted by Crippen LogP contribution is -2.48. The molecule has 0 aromatic carbocycles. The standard InChI is InChI=1S/C12H24N2O/c1-9(10-4-5-10)14(3)7-12(2)8-15-6-11(12)13/h9-11H,4-8,13H2,1-3H3. The first-order chi connectivity index (χ1) is 7.03. The summed E-state index contributed by atoms with van der Waals surface area (Å²) in [5, 5.41) is 0. The molecule has 15 heavy (non-hydrogen) atoms. The van der Waals surface area contributed by atoms with E-state index in [0.717, 1.165) is 25.7 Å². The van der Waals surface area contributed by atoms with Crippen LogP contribution in [0.25, 0.3) is 0 Å². The minimum absolute atomic E-state index is 0.151. The third-order valence-corrected chi connectivity index (χ3v) is 4.23. The summed E-state index contributed by atoms with van der Waals surface area (Å²) in [4.78, 5) is 2.46. The van der Waals surface area contributed by atoms with Crippen LogP contribution in [-0.2, 0) is 4.74 Å². The number of hydrogen-bond acceptors (Lipinski definition) is 3. The van der Waals surface area contributed by atoms with Gasteiger partial charge in [0.15, 0.2) is 0 Å². The molecule has 0 amide bonds. The van der Waals surface area contributed by atoms with Crippen molar-refractivity contribution in [2.45, 2.75) is 38.8 Å². The Labute approximate surface area is 93.0 Å². The molecule has 2 rings (SSSR count). The SMILES string of the molecule is CC(C1CC1)N(C)CC1(C)COCC1N. The monoisotopic (exact) mass is 212 g/mol. The lowest BCUT2D eigenvalue weighted by molar-refractivity contribution is 0.109. The van der Waals surface area contributed by atoms with Crippen molar-refractivity contribution in [3.63, 3.8) is 0 Å². The highest BCUT2D eigenvalue weighted by Gasteiger charge is 2.40. The average Bonchev–Trinajstić information content (AvgIpc) is 2.95. The van der Waals surface area contributed by atoms with Crippen LogP contribution in [0.3, 0.4) is 0 Å². The molecule has 0 aromatic heterocycles. The molecule has 3 nitrogen and oxygen atoms in total. The van der Waals surface area contributed by atoms with E-state index in [1.807, 2.05) is 0 Å². The van der Waals surface area contributed by atoms with Crippen LogP contribution >= 0.6 is 0 Å². The molecule has 0 aromatic rings. The van der Waals surface area contributed by atoms with E-state index in [0.29, 0.717) is 6.04 Å². The van der Waals surface area contributed by atoms with E-state index in [2.05, 4.69) is 25.8 Å². The van der Waals surface area contributed by atoms with Gasteiger partial charge in [0.1, 0.15) is 0 Å². The highest BCUT2D eigenvalue weighted by atomic mass is 16.5. The first kappa shape index (κ1) is 11.4. The summed E-state index contributed by atoms with van der Waals surface area (Å²) in [6, 6.07) is 0.904. The summed E-state index contributed by atoms with van der Waals surface area (Å²) in [5.74, 6) is 0.928. The van der Waals surface area contributed by atoms with Crippen molar-refractivity contribution < 1.29 is 4.74 Å². The Bertz CT molecular complexity index is 230. The lowest BCUT2D eigenvalue weighted by Gasteiger charge is -2.35. The number of hydrogen-bond donors (Lipinski definition) is 1. The fourth-order valence-electron chi connectivity index (χ4n) is 2.54. The molecule has 1 heterocycles. The smallest absolute Gasteiger partial charge is 0.0624 e. The van der Waals surface area contributed by atoms with Crippen molar-refractivity contribution in [3.8, 4) is 0 Å². The van der Waals surface area contributed by atoms with Gasteiger partial charge in [0, 0.05) is 24.0 Å². The maximum Gasteiger partial charge on any atom is 0.0624 e. The van der Waals surface area contributed by atoms with E-state index < -0.39 is 0 Å². The molecule has 2 fully saturated rings. The van der Waals surface area contributed by atoms with Gasteiger partial charge in [-0.25, -0.2) is 0 Å². The van der Waals surface area contributed by atoms with Crippen molar-refractivity contribution in [1.29, 1.82) is 0 Å². The molecule has 1 saturated carbocycles. The zero-order valence-electron chi connectivity index (χ0n) is 10.2. The predicted octanol–water partition coefficient (Wildman–Crippen LogP) is 1.08. The molecule has 1 aliphatic heterocycles. The molecule has 0 radical (unpaired) electrons. The number of nitrogens with zero attached hydrogens (tertiary/aromatic N) is 1. The molecule has 2 aliphatic rings. The molecule has 1 aliphatic carbocycles. The Morgan fingerprint density at radius 2 is 2.20 bits per heavy atom. The van der Waals surface area contributed by atoms with Crippen molar-refractivity contribution >= 4 is 0 Å². The van der Waals surface area contributed by atoms with Crippen LogP contribution in [0.4, 0.5) is 0 Å². The molecule has 3 heteroatoms. The maximum absolute atomic E-state index is 6.10. The summed E-state index contributed by atoms with van der Waals surface area (Å²) in [7, 11) is 2.22. The van der Waals surface area contributed by atoms with Crippen molar-refractivity contribution in [3.05, 3.63) is 0 Å². The summed E-state index contributed by atoms with van der Waals surface area (Å²) in [6.45, 7) is 7.19. The maximum atomic E-state index is 6.10. The first-order valence-electron chi connectivity index (χ1n) is 6.06. The van der Waals surface area contributed by atoms with Gasteiger partial charge in [-0.3, -0.25) is 0 Å². The molecular formula is C12H24N2O. The second-order valence-electron chi connectivity index (χ2n) is 5.77. The summed E-state index contributed by atoms with van der Waals surface area (Å²) >= 11 is 0. The van der Waals surface area contributed by atoms with Crippen LogP contribution in [0.5, 0.6) is 0 Å². The predicted molar refractivity (Wildman–Crippen MR) is 61.7 cm³/mol. The highest BCUT2D eigenvalue weighted by molar-refractivity contribution is 4.94. The number of nitrogens with two attached hydrogens (primary N) is 1. The Morgan fingerprint density at radius 1 is 1.53 bits per heavy atom. The zero-order valence-corrected chi connectivity index (χ0v) is 10.2. The summed E-state index contributed by atoms with van der Waals surface area (Å²) < 4.78 is 5.48. The van der Waals surface area contributed by atoms with Crippen LogP contribution in [0.15, 0.2) is 0 Å². The third-order valence-electron chi connectivity index (χ3n) is 4.23. The molecule has 2 N–H and O–H groups in total. The molecule has 3 atom stereocenters. The van der Waals surface area contributed by atoms with Gasteiger partial charge in [-0.15, -0.1) is 0 Å². The van der Waals surface area contributed by atoms with Crippen LogP contribution < -0.4 is 5.73 Å². The van der Waals surface area contributed by atoms with Crippen molar-refractivity contribution in [2.24, 2.45) is 17.1 Å². The lowest BCUT2D eigenvalue weighted by atomic mass is 9.85.